The summed E-state index contributed by atoms with van der Waals surface area (Å²) in [5, 5.41) is 0. The van der Waals surface area contributed by atoms with Crippen molar-refractivity contribution in [2.24, 2.45) is 0 Å². The molecule has 0 aromatic carbocycles. The number of unbranched alkanes of at least 4 members (excludes halogenated alkanes) is 48. The number of carbonyl (C=O) groups excluding carboxylic acids is 3. The van der Waals surface area contributed by atoms with Crippen LogP contribution >= 0.6 is 0 Å². The monoisotopic (exact) mass is 1140 g/mol. The fraction of sp³-hybridized carbons (Fsp3) is 0.853. The first-order chi connectivity index (χ1) is 40.0. The van der Waals surface area contributed by atoms with Crippen molar-refractivity contribution in [1.82, 2.24) is 0 Å². The molecule has 1 unspecified atom stereocenters. The lowest BCUT2D eigenvalue weighted by Crippen LogP contribution is -2.30. The van der Waals surface area contributed by atoms with E-state index in [1.165, 1.54) is 289 Å². The van der Waals surface area contributed by atoms with Gasteiger partial charge in [-0.3, -0.25) is 14.4 Å². The molecule has 0 saturated heterocycles. The smallest absolute Gasteiger partial charge is 0.306 e. The Hall–Kier alpha value is -2.63. The van der Waals surface area contributed by atoms with E-state index < -0.39 is 6.10 Å². The summed E-state index contributed by atoms with van der Waals surface area (Å²) in [5.41, 5.74) is 0. The summed E-state index contributed by atoms with van der Waals surface area (Å²) >= 11 is 0. The molecule has 81 heavy (non-hydrogen) atoms. The van der Waals surface area contributed by atoms with Gasteiger partial charge in [0.1, 0.15) is 13.2 Å². The van der Waals surface area contributed by atoms with Crippen molar-refractivity contribution in [3.63, 3.8) is 0 Å². The molecule has 1 atom stereocenters. The van der Waals surface area contributed by atoms with E-state index in [4.69, 9.17) is 14.2 Å². The van der Waals surface area contributed by atoms with Crippen LogP contribution in [-0.4, -0.2) is 37.2 Å². The third-order valence-electron chi connectivity index (χ3n) is 16.3. The molecule has 0 fully saturated rings. The predicted octanol–water partition coefficient (Wildman–Crippen LogP) is 24.9. The number of hydrogen-bond acceptors (Lipinski definition) is 6. The van der Waals surface area contributed by atoms with Gasteiger partial charge < -0.3 is 14.2 Å². The van der Waals surface area contributed by atoms with Crippen LogP contribution in [0.5, 0.6) is 0 Å². The molecular weight excluding hydrogens is 997 g/mol. The van der Waals surface area contributed by atoms with Gasteiger partial charge in [0.25, 0.3) is 0 Å². The lowest BCUT2D eigenvalue weighted by Gasteiger charge is -2.18. The van der Waals surface area contributed by atoms with Crippen LogP contribution in [0.2, 0.25) is 0 Å². The van der Waals surface area contributed by atoms with Crippen molar-refractivity contribution in [3.8, 4) is 0 Å². The zero-order valence-corrected chi connectivity index (χ0v) is 54.6. The van der Waals surface area contributed by atoms with Gasteiger partial charge in [-0.25, -0.2) is 0 Å². The third-order valence-corrected chi connectivity index (χ3v) is 16.3. The summed E-state index contributed by atoms with van der Waals surface area (Å²) in [4.78, 5) is 38.5. The molecule has 0 bridgehead atoms. The fourth-order valence-corrected chi connectivity index (χ4v) is 10.8. The number of allylic oxidation sites excluding steroid dienone is 8. The lowest BCUT2D eigenvalue weighted by molar-refractivity contribution is -0.167. The van der Waals surface area contributed by atoms with Crippen LogP contribution in [0.4, 0.5) is 0 Å². The molecule has 0 radical (unpaired) electrons. The fourth-order valence-electron chi connectivity index (χ4n) is 10.8. The van der Waals surface area contributed by atoms with Crippen molar-refractivity contribution in [1.29, 1.82) is 0 Å². The zero-order valence-electron chi connectivity index (χ0n) is 54.6. The van der Waals surface area contributed by atoms with Crippen molar-refractivity contribution >= 4 is 17.9 Å². The minimum atomic E-state index is -0.777. The molecule has 0 heterocycles. The first-order valence-corrected chi connectivity index (χ1v) is 36.1. The average molecular weight is 1140 g/mol. The van der Waals surface area contributed by atoms with Gasteiger partial charge in [0.05, 0.1) is 0 Å². The van der Waals surface area contributed by atoms with Gasteiger partial charge in [-0.15, -0.1) is 0 Å². The highest BCUT2D eigenvalue weighted by Gasteiger charge is 2.19. The Balaban J connectivity index is 4.24. The Morgan fingerprint density at radius 1 is 0.247 bits per heavy atom. The highest BCUT2D eigenvalue weighted by molar-refractivity contribution is 5.71. The molecule has 0 aliphatic carbocycles. The average Bonchev–Trinajstić information content (AvgIpc) is 3.47. The minimum Gasteiger partial charge on any atom is -0.462 e. The Morgan fingerprint density at radius 3 is 0.691 bits per heavy atom. The molecule has 0 aromatic heterocycles. The van der Waals surface area contributed by atoms with Crippen LogP contribution in [0.15, 0.2) is 48.6 Å². The largest absolute Gasteiger partial charge is 0.462 e. The predicted molar refractivity (Wildman–Crippen MR) is 353 cm³/mol. The van der Waals surface area contributed by atoms with E-state index >= 15 is 0 Å². The Labute approximate surface area is 505 Å². The summed E-state index contributed by atoms with van der Waals surface area (Å²) in [6.45, 7) is 6.68. The third kappa shape index (κ3) is 68.0. The van der Waals surface area contributed by atoms with Crippen molar-refractivity contribution < 1.29 is 28.6 Å². The van der Waals surface area contributed by atoms with E-state index in [1.54, 1.807) is 0 Å². The first kappa shape index (κ1) is 78.4. The molecule has 6 heteroatoms. The van der Waals surface area contributed by atoms with Crippen molar-refractivity contribution in [3.05, 3.63) is 48.6 Å². The quantitative estimate of drug-likeness (QED) is 0.0261. The van der Waals surface area contributed by atoms with Crippen molar-refractivity contribution in [2.75, 3.05) is 13.2 Å². The van der Waals surface area contributed by atoms with Crippen LogP contribution in [0.25, 0.3) is 0 Å². The lowest BCUT2D eigenvalue weighted by atomic mass is 10.0. The van der Waals surface area contributed by atoms with E-state index in [0.29, 0.717) is 19.3 Å². The number of esters is 3. The van der Waals surface area contributed by atoms with E-state index in [-0.39, 0.29) is 31.1 Å². The highest BCUT2D eigenvalue weighted by Crippen LogP contribution is 2.18. The van der Waals surface area contributed by atoms with Gasteiger partial charge >= 0.3 is 17.9 Å². The van der Waals surface area contributed by atoms with Gasteiger partial charge in [0, 0.05) is 19.3 Å². The molecule has 0 spiro atoms. The molecule has 0 aromatic rings. The summed E-state index contributed by atoms with van der Waals surface area (Å²) < 4.78 is 17.0. The van der Waals surface area contributed by atoms with Crippen LogP contribution in [0, 0.1) is 0 Å². The maximum atomic E-state index is 12.9. The molecule has 6 nitrogen and oxygen atoms in total. The normalized spacial score (nSPS) is 12.3. The Morgan fingerprint density at radius 2 is 0.444 bits per heavy atom. The second-order valence-corrected chi connectivity index (χ2v) is 24.5. The second-order valence-electron chi connectivity index (χ2n) is 24.5. The Bertz CT molecular complexity index is 1400. The summed E-state index contributed by atoms with van der Waals surface area (Å²) in [6.07, 6.45) is 88.5. The van der Waals surface area contributed by atoms with E-state index in [2.05, 4.69) is 69.4 Å². The molecule has 0 aliphatic heterocycles. The molecule has 0 amide bonds. The SMILES string of the molecule is CCCCCCC/C=C\C/C=C\CCCCCCCCCCCCCCCCCCCC(=O)OCC(COC(=O)CCCCCCCCC/C=C\CCCCCCCC)OC(=O)CCCCCCCCC/C=C\CCCCCCCC. The first-order valence-electron chi connectivity index (χ1n) is 36.1. The van der Waals surface area contributed by atoms with Gasteiger partial charge in [-0.1, -0.05) is 320 Å². The molecule has 474 valence electrons. The molecule has 0 aliphatic rings. The van der Waals surface area contributed by atoms with Gasteiger partial charge in [0.2, 0.25) is 0 Å². The Kier molecular flexibility index (Phi) is 67.6. The van der Waals surface area contributed by atoms with Crippen LogP contribution in [-0.2, 0) is 28.6 Å². The van der Waals surface area contributed by atoms with Crippen LogP contribution in [0.1, 0.15) is 393 Å². The number of ether oxygens (including phenoxy) is 3. The van der Waals surface area contributed by atoms with Gasteiger partial charge in [-0.2, -0.15) is 0 Å². The minimum absolute atomic E-state index is 0.0721. The number of carbonyl (C=O) groups is 3. The topological polar surface area (TPSA) is 78.9 Å². The van der Waals surface area contributed by atoms with Crippen LogP contribution < -0.4 is 0 Å². The number of hydrogen-bond donors (Lipinski definition) is 0. The summed E-state index contributed by atoms with van der Waals surface area (Å²) in [5.74, 6) is -0.854. The maximum absolute atomic E-state index is 12.9. The molecule has 0 N–H and O–H groups in total. The molecular formula is C75H138O6. The maximum Gasteiger partial charge on any atom is 0.306 e. The number of rotatable bonds is 67. The highest BCUT2D eigenvalue weighted by atomic mass is 16.6. The van der Waals surface area contributed by atoms with Crippen LogP contribution in [0.3, 0.4) is 0 Å². The molecule has 0 rings (SSSR count). The molecule has 0 saturated carbocycles. The van der Waals surface area contributed by atoms with Gasteiger partial charge in [-0.05, 0) is 103 Å². The van der Waals surface area contributed by atoms with Gasteiger partial charge in [0.15, 0.2) is 6.10 Å². The summed E-state index contributed by atoms with van der Waals surface area (Å²) in [7, 11) is 0. The van der Waals surface area contributed by atoms with E-state index in [0.717, 1.165) is 64.2 Å². The van der Waals surface area contributed by atoms with E-state index in [1.807, 2.05) is 0 Å². The summed E-state index contributed by atoms with van der Waals surface area (Å²) in [6, 6.07) is 0. The zero-order chi connectivity index (χ0) is 58.5. The standard InChI is InChI=1S/C75H138O6/c1-4-7-10-13-16-19-22-25-28-31-32-33-34-35-36-37-38-39-40-41-42-45-47-50-53-56-59-62-65-68-74(77)80-71-72(81-75(78)69-66-63-60-57-54-51-48-44-30-27-24-21-18-15-12-9-6-3)70-79-73(76)67-64-61-58-55-52-49-46-43-29-26-23-20-17-14-11-8-5-2/h22,25-27,29-32,72H,4-21,23-24,28,33-71H2,1-3H3/b25-22-,29-26-,30-27-,32-31-. The second kappa shape index (κ2) is 69.9. The van der Waals surface area contributed by atoms with E-state index in [9.17, 15) is 14.4 Å². The van der Waals surface area contributed by atoms with Crippen molar-refractivity contribution in [2.45, 2.75) is 399 Å².